The number of nitrogens with one attached hydrogen (secondary N) is 3. The smallest absolute Gasteiger partial charge is 0.333 e. The minimum atomic E-state index is -0.574. The molecule has 14 heteroatoms. The maximum Gasteiger partial charge on any atom is 0.333 e. The molecule has 2 aliphatic rings. The van der Waals surface area contributed by atoms with Gasteiger partial charge in [-0.2, -0.15) is 0 Å². The van der Waals surface area contributed by atoms with Crippen molar-refractivity contribution in [1.29, 1.82) is 0 Å². The third kappa shape index (κ3) is 13.8. The number of aromatic hydroxyl groups is 2. The molecule has 0 atom stereocenters. The van der Waals surface area contributed by atoms with Crippen LogP contribution in [-0.2, 0) is 28.8 Å². The van der Waals surface area contributed by atoms with Gasteiger partial charge in [0.05, 0.1) is 0 Å². The Labute approximate surface area is 281 Å². The van der Waals surface area contributed by atoms with Gasteiger partial charge in [0.15, 0.2) is 0 Å². The van der Waals surface area contributed by atoms with Gasteiger partial charge in [0.1, 0.15) is 0 Å². The van der Waals surface area contributed by atoms with E-state index in [2.05, 4.69) is 16.0 Å². The SMILES string of the molecule is O=C(CCCCCNC(=O)CCCCCNC(=O)C1CCC(CN2C(=O)C=CC2=O)CC1)NCCCCCC(=O)On1c(O)ccc1O. The zero-order valence-electron chi connectivity index (χ0n) is 27.8. The van der Waals surface area contributed by atoms with Gasteiger partial charge in [-0.3, -0.25) is 28.9 Å². The van der Waals surface area contributed by atoms with Crippen LogP contribution in [0.5, 0.6) is 11.8 Å². The standard InChI is InChI=1S/C34H51N5O9/c40-27(36-22-8-3-6-12-33(46)48-39-31(44)19-20-32(39)45)10-4-1-7-21-35-28(41)11-5-2-9-23-37-34(47)26-15-13-25(14-16-26)24-38-29(42)17-18-30(38)43/h17-20,25-26,44-45H,1-16,21-24H2,(H,35,41)(H,36,40)(H,37,47). The van der Waals surface area contributed by atoms with Gasteiger partial charge in [-0.05, 0) is 70.1 Å². The van der Waals surface area contributed by atoms with E-state index in [-0.39, 0.29) is 59.6 Å². The van der Waals surface area contributed by atoms with Crippen molar-refractivity contribution in [3.8, 4) is 11.8 Å². The van der Waals surface area contributed by atoms with Crippen LogP contribution in [0.1, 0.15) is 103 Å². The molecule has 0 radical (unpaired) electrons. The Bertz CT molecular complexity index is 1230. The van der Waals surface area contributed by atoms with Crippen molar-refractivity contribution in [2.45, 2.75) is 103 Å². The summed E-state index contributed by atoms with van der Waals surface area (Å²) in [5, 5.41) is 27.7. The van der Waals surface area contributed by atoms with Crippen molar-refractivity contribution >= 4 is 35.5 Å². The number of carbonyl (C=O) groups is 6. The second kappa shape index (κ2) is 20.8. The van der Waals surface area contributed by atoms with Gasteiger partial charge in [-0.1, -0.05) is 19.3 Å². The zero-order chi connectivity index (χ0) is 34.7. The van der Waals surface area contributed by atoms with E-state index in [9.17, 15) is 39.0 Å². The Morgan fingerprint density at radius 2 is 1.15 bits per heavy atom. The Hall–Kier alpha value is -4.36. The quantitative estimate of drug-likeness (QED) is 0.0908. The maximum absolute atomic E-state index is 12.5. The number of nitrogens with zero attached hydrogens (tertiary/aromatic N) is 2. The molecule has 0 aromatic carbocycles. The van der Waals surface area contributed by atoms with E-state index in [4.69, 9.17) is 4.84 Å². The van der Waals surface area contributed by atoms with Gasteiger partial charge in [0.25, 0.3) is 11.8 Å². The normalized spacial score (nSPS) is 17.4. The van der Waals surface area contributed by atoms with Crippen LogP contribution >= 0.6 is 0 Å². The third-order valence-corrected chi connectivity index (χ3v) is 8.71. The summed E-state index contributed by atoms with van der Waals surface area (Å²) in [6, 6.07) is 2.42. The average Bonchev–Trinajstić information content (AvgIpc) is 3.56. The number of rotatable bonds is 22. The number of imide groups is 1. The van der Waals surface area contributed by atoms with E-state index in [1.807, 2.05) is 0 Å². The van der Waals surface area contributed by atoms with Crippen molar-refractivity contribution < 1.29 is 43.8 Å². The van der Waals surface area contributed by atoms with Gasteiger partial charge < -0.3 is 31.0 Å². The molecule has 5 amide bonds. The molecule has 48 heavy (non-hydrogen) atoms. The van der Waals surface area contributed by atoms with Crippen LogP contribution in [0.15, 0.2) is 24.3 Å². The maximum atomic E-state index is 12.5. The van der Waals surface area contributed by atoms with Gasteiger partial charge >= 0.3 is 5.97 Å². The van der Waals surface area contributed by atoms with Crippen molar-refractivity contribution in [2.75, 3.05) is 26.2 Å². The van der Waals surface area contributed by atoms with E-state index >= 15 is 0 Å². The number of hydrogen-bond donors (Lipinski definition) is 5. The molecule has 0 spiro atoms. The number of hydrogen-bond acceptors (Lipinski definition) is 9. The minimum Gasteiger partial charge on any atom is -0.492 e. The summed E-state index contributed by atoms with van der Waals surface area (Å²) in [6.45, 7) is 2.11. The first-order valence-electron chi connectivity index (χ1n) is 17.3. The molecule has 1 saturated carbocycles. The van der Waals surface area contributed by atoms with Crippen LogP contribution in [0.25, 0.3) is 0 Å². The molecule has 1 aromatic rings. The molecule has 14 nitrogen and oxygen atoms in total. The van der Waals surface area contributed by atoms with Crippen LogP contribution < -0.4 is 20.8 Å². The first-order chi connectivity index (χ1) is 23.1. The van der Waals surface area contributed by atoms with Gasteiger partial charge in [0.2, 0.25) is 29.5 Å². The van der Waals surface area contributed by atoms with Gasteiger partial charge in [-0.15, -0.1) is 4.73 Å². The second-order valence-corrected chi connectivity index (χ2v) is 12.6. The predicted octanol–water partition coefficient (Wildman–Crippen LogP) is 2.62. The van der Waals surface area contributed by atoms with Crippen LogP contribution in [0, 0.1) is 11.8 Å². The van der Waals surface area contributed by atoms with E-state index < -0.39 is 5.97 Å². The highest BCUT2D eigenvalue weighted by Gasteiger charge is 2.31. The summed E-state index contributed by atoms with van der Waals surface area (Å²) in [5.41, 5.74) is 0. The number of unbranched alkanes of at least 4 members (excludes halogenated alkanes) is 6. The minimum absolute atomic E-state index is 0.0101. The van der Waals surface area contributed by atoms with E-state index in [0.717, 1.165) is 70.6 Å². The molecule has 0 unspecified atom stereocenters. The summed E-state index contributed by atoms with van der Waals surface area (Å²) in [6.07, 6.45) is 13.5. The number of aromatic nitrogens is 1. The summed E-state index contributed by atoms with van der Waals surface area (Å²) < 4.78 is 0.660. The lowest BCUT2D eigenvalue weighted by Gasteiger charge is -2.30. The Morgan fingerprint density at radius 1 is 0.667 bits per heavy atom. The average molecular weight is 674 g/mol. The summed E-state index contributed by atoms with van der Waals surface area (Å²) in [5.74, 6) is -1.55. The molecular weight excluding hydrogens is 622 g/mol. The lowest BCUT2D eigenvalue weighted by atomic mass is 9.81. The predicted molar refractivity (Wildman–Crippen MR) is 175 cm³/mol. The molecule has 1 aromatic heterocycles. The highest BCUT2D eigenvalue weighted by molar-refractivity contribution is 6.12. The van der Waals surface area contributed by atoms with E-state index in [0.29, 0.717) is 56.6 Å². The van der Waals surface area contributed by atoms with Gasteiger partial charge in [-0.25, -0.2) is 4.79 Å². The molecule has 3 rings (SSSR count). The largest absolute Gasteiger partial charge is 0.492 e. The third-order valence-electron chi connectivity index (χ3n) is 8.71. The highest BCUT2D eigenvalue weighted by Crippen LogP contribution is 2.30. The molecule has 1 aliphatic carbocycles. The molecule has 1 aliphatic heterocycles. The molecule has 0 saturated heterocycles. The first kappa shape index (κ1) is 38.1. The van der Waals surface area contributed by atoms with Crippen molar-refractivity contribution in [3.05, 3.63) is 24.3 Å². The van der Waals surface area contributed by atoms with Crippen molar-refractivity contribution in [3.63, 3.8) is 0 Å². The lowest BCUT2D eigenvalue weighted by molar-refractivity contribution is -0.145. The first-order valence-corrected chi connectivity index (χ1v) is 17.3. The zero-order valence-corrected chi connectivity index (χ0v) is 27.8. The molecule has 2 heterocycles. The number of carbonyl (C=O) groups excluding carboxylic acids is 6. The molecule has 0 bridgehead atoms. The monoisotopic (exact) mass is 673 g/mol. The molecule has 266 valence electrons. The van der Waals surface area contributed by atoms with E-state index in [1.165, 1.54) is 29.2 Å². The topological polar surface area (TPSA) is 196 Å². The molecular formula is C34H51N5O9. The molecule has 1 fully saturated rings. The number of amides is 5. The molecule has 5 N–H and O–H groups in total. The van der Waals surface area contributed by atoms with Crippen LogP contribution in [0.2, 0.25) is 0 Å². The van der Waals surface area contributed by atoms with E-state index in [1.54, 1.807) is 0 Å². The van der Waals surface area contributed by atoms with Crippen LogP contribution in [0.3, 0.4) is 0 Å². The summed E-state index contributed by atoms with van der Waals surface area (Å²) >= 11 is 0. The van der Waals surface area contributed by atoms with Crippen LogP contribution in [-0.4, -0.2) is 81.5 Å². The fourth-order valence-corrected chi connectivity index (χ4v) is 5.85. The fraction of sp³-hybridized carbons (Fsp3) is 0.647. The van der Waals surface area contributed by atoms with Gasteiger partial charge in [0, 0.05) is 75.6 Å². The lowest BCUT2D eigenvalue weighted by Crippen LogP contribution is -2.38. The Balaban J connectivity index is 1.06. The van der Waals surface area contributed by atoms with Crippen molar-refractivity contribution in [1.82, 2.24) is 25.6 Å². The summed E-state index contributed by atoms with van der Waals surface area (Å²) in [4.78, 5) is 78.1. The second-order valence-electron chi connectivity index (χ2n) is 12.6. The Morgan fingerprint density at radius 3 is 1.67 bits per heavy atom. The highest BCUT2D eigenvalue weighted by atomic mass is 16.7. The fourth-order valence-electron chi connectivity index (χ4n) is 5.85. The Kier molecular flexibility index (Phi) is 16.5. The summed E-state index contributed by atoms with van der Waals surface area (Å²) in [7, 11) is 0. The van der Waals surface area contributed by atoms with Crippen LogP contribution in [0.4, 0.5) is 0 Å². The van der Waals surface area contributed by atoms with Crippen molar-refractivity contribution in [2.24, 2.45) is 11.8 Å².